The zero-order valence-electron chi connectivity index (χ0n) is 11.8. The maximum absolute atomic E-state index is 12.9. The molecule has 0 fully saturated rings. The fourth-order valence-electron chi connectivity index (χ4n) is 2.05. The van der Waals surface area contributed by atoms with Crippen LogP contribution in [-0.2, 0) is 11.3 Å². The van der Waals surface area contributed by atoms with Crippen molar-refractivity contribution in [2.45, 2.75) is 38.2 Å². The molecule has 0 bridgehead atoms. The van der Waals surface area contributed by atoms with Crippen molar-refractivity contribution in [3.05, 3.63) is 21.9 Å². The lowest BCUT2D eigenvalue weighted by Crippen LogP contribution is -2.56. The molecule has 2 rings (SSSR count). The summed E-state index contributed by atoms with van der Waals surface area (Å²) in [5, 5.41) is 27.1. The Labute approximate surface area is 127 Å². The smallest absolute Gasteiger partial charge is 0.362 e. The molecule has 0 aromatic carbocycles. The lowest BCUT2D eigenvalue weighted by Gasteiger charge is -2.32. The number of carbonyl (C=O) groups is 1. The fraction of sp³-hybridized carbons (Fsp3) is 0.545. The van der Waals surface area contributed by atoms with Gasteiger partial charge in [-0.2, -0.15) is 28.0 Å². The maximum Gasteiger partial charge on any atom is 0.438 e. The Morgan fingerprint density at radius 3 is 2.74 bits per heavy atom. The molecule has 1 amide bonds. The number of hydrogen-bond acceptors (Lipinski definition) is 6. The molecule has 23 heavy (non-hydrogen) atoms. The highest BCUT2D eigenvalue weighted by Gasteiger charge is 2.61. The van der Waals surface area contributed by atoms with Gasteiger partial charge in [0.15, 0.2) is 0 Å². The molecule has 1 N–H and O–H groups in total. The lowest BCUT2D eigenvalue weighted by molar-refractivity contribution is -0.389. The summed E-state index contributed by atoms with van der Waals surface area (Å²) in [6, 6.07) is 1.17. The quantitative estimate of drug-likeness (QED) is 0.650. The van der Waals surface area contributed by atoms with Crippen LogP contribution < -0.4 is 0 Å². The van der Waals surface area contributed by atoms with Crippen LogP contribution in [0.25, 0.3) is 0 Å². The van der Waals surface area contributed by atoms with Gasteiger partial charge in [0, 0.05) is 12.6 Å². The van der Waals surface area contributed by atoms with E-state index in [0.717, 1.165) is 10.9 Å². The van der Waals surface area contributed by atoms with E-state index >= 15 is 0 Å². The number of nitro groups is 1. The fourth-order valence-corrected chi connectivity index (χ4v) is 2.05. The lowest BCUT2D eigenvalue weighted by atomic mass is 10.1. The summed E-state index contributed by atoms with van der Waals surface area (Å²) in [7, 11) is 0. The van der Waals surface area contributed by atoms with E-state index in [9.17, 15) is 33.2 Å². The Morgan fingerprint density at radius 1 is 1.57 bits per heavy atom. The average molecular weight is 335 g/mol. The first kappa shape index (κ1) is 16.9. The largest absolute Gasteiger partial charge is 0.438 e. The van der Waals surface area contributed by atoms with Gasteiger partial charge in [-0.15, -0.1) is 0 Å². The summed E-state index contributed by atoms with van der Waals surface area (Å²) < 4.78 is 39.7. The van der Waals surface area contributed by atoms with Crippen LogP contribution in [0.5, 0.6) is 0 Å². The monoisotopic (exact) mass is 335 g/mol. The van der Waals surface area contributed by atoms with Gasteiger partial charge in [0.25, 0.3) is 5.72 Å². The van der Waals surface area contributed by atoms with Crippen molar-refractivity contribution >= 4 is 17.9 Å². The zero-order chi connectivity index (χ0) is 17.4. The van der Waals surface area contributed by atoms with E-state index in [1.165, 1.54) is 13.0 Å². The average Bonchev–Trinajstić information content (AvgIpc) is 3.00. The molecule has 1 atom stereocenters. The molecule has 0 radical (unpaired) electrons. The topological polar surface area (TPSA) is 114 Å². The van der Waals surface area contributed by atoms with Crippen LogP contribution in [0, 0.1) is 17.0 Å². The van der Waals surface area contributed by atoms with E-state index in [1.807, 2.05) is 0 Å². The van der Waals surface area contributed by atoms with Crippen LogP contribution in [0.15, 0.2) is 11.2 Å². The molecular weight excluding hydrogens is 323 g/mol. The standard InChI is InChI=1S/C11H12F3N5O4/c1-7-6-8(19(22)23)16-17(7)5-2-9(20)18-10(21,3-4-15-18)11(12,13)14/h4,6,21H,2-3,5H2,1H3/t10-/m1/s1. The van der Waals surface area contributed by atoms with Gasteiger partial charge in [-0.05, 0) is 11.8 Å². The highest BCUT2D eigenvalue weighted by atomic mass is 19.4. The number of alkyl halides is 3. The second kappa shape index (κ2) is 5.61. The van der Waals surface area contributed by atoms with Gasteiger partial charge < -0.3 is 15.2 Å². The first-order chi connectivity index (χ1) is 10.6. The number of hydrogen-bond donors (Lipinski definition) is 1. The summed E-state index contributed by atoms with van der Waals surface area (Å²) in [4.78, 5) is 21.8. The van der Waals surface area contributed by atoms with Crippen LogP contribution in [-0.4, -0.2) is 48.8 Å². The summed E-state index contributed by atoms with van der Waals surface area (Å²) in [5.74, 6) is -1.50. The molecule has 1 aromatic rings. The predicted octanol–water partition coefficient (Wildman–Crippen LogP) is 0.959. The molecule has 2 heterocycles. The van der Waals surface area contributed by atoms with Crippen molar-refractivity contribution in [1.29, 1.82) is 0 Å². The number of rotatable bonds is 4. The molecule has 0 aliphatic carbocycles. The van der Waals surface area contributed by atoms with E-state index < -0.39 is 41.4 Å². The van der Waals surface area contributed by atoms with E-state index in [0.29, 0.717) is 5.69 Å². The van der Waals surface area contributed by atoms with Gasteiger partial charge in [0.05, 0.1) is 29.8 Å². The van der Waals surface area contributed by atoms with Crippen molar-refractivity contribution < 1.29 is 28.0 Å². The maximum atomic E-state index is 12.9. The molecule has 126 valence electrons. The van der Waals surface area contributed by atoms with E-state index in [1.54, 1.807) is 0 Å². The number of amides is 1. The molecule has 0 saturated heterocycles. The van der Waals surface area contributed by atoms with Crippen LogP contribution in [0.1, 0.15) is 18.5 Å². The van der Waals surface area contributed by atoms with Gasteiger partial charge >= 0.3 is 12.0 Å². The Kier molecular flexibility index (Phi) is 4.11. The Hall–Kier alpha value is -2.50. The zero-order valence-corrected chi connectivity index (χ0v) is 11.8. The summed E-state index contributed by atoms with van der Waals surface area (Å²) >= 11 is 0. The van der Waals surface area contributed by atoms with Crippen LogP contribution >= 0.6 is 0 Å². The normalized spacial score (nSPS) is 21.0. The van der Waals surface area contributed by atoms with Gasteiger partial charge in [-0.25, -0.2) is 0 Å². The first-order valence-corrected chi connectivity index (χ1v) is 6.39. The van der Waals surface area contributed by atoms with Crippen molar-refractivity contribution in [3.8, 4) is 0 Å². The predicted molar refractivity (Wildman–Crippen MR) is 69.2 cm³/mol. The second-order valence-corrected chi connectivity index (χ2v) is 4.90. The van der Waals surface area contributed by atoms with Crippen LogP contribution in [0.3, 0.4) is 0 Å². The molecule has 1 aromatic heterocycles. The van der Waals surface area contributed by atoms with E-state index in [2.05, 4.69) is 10.2 Å². The molecule has 12 heteroatoms. The molecule has 1 aliphatic rings. The Balaban J connectivity index is 2.08. The van der Waals surface area contributed by atoms with Gasteiger partial charge in [-0.1, -0.05) is 0 Å². The SMILES string of the molecule is Cc1cc([N+](=O)[O-])nn1CCC(=O)N1N=CC[C@@]1(O)C(F)(F)F. The number of nitrogens with zero attached hydrogens (tertiary/aromatic N) is 5. The molecule has 9 nitrogen and oxygen atoms in total. The van der Waals surface area contributed by atoms with Crippen molar-refractivity contribution in [1.82, 2.24) is 14.8 Å². The van der Waals surface area contributed by atoms with Gasteiger partial charge in [-0.3, -0.25) is 4.79 Å². The molecule has 1 aliphatic heterocycles. The van der Waals surface area contributed by atoms with Gasteiger partial charge in [0.1, 0.15) is 0 Å². The minimum Gasteiger partial charge on any atom is -0.362 e. The van der Waals surface area contributed by atoms with Crippen molar-refractivity contribution in [3.63, 3.8) is 0 Å². The van der Waals surface area contributed by atoms with Crippen molar-refractivity contribution in [2.24, 2.45) is 5.10 Å². The molecule has 0 unspecified atom stereocenters. The number of aromatic nitrogens is 2. The number of halogens is 3. The Morgan fingerprint density at radius 2 is 2.22 bits per heavy atom. The molecule has 0 spiro atoms. The third-order valence-electron chi connectivity index (χ3n) is 3.31. The first-order valence-electron chi connectivity index (χ1n) is 6.39. The minimum atomic E-state index is -5.06. The Bertz CT molecular complexity index is 671. The van der Waals surface area contributed by atoms with Crippen molar-refractivity contribution in [2.75, 3.05) is 0 Å². The van der Waals surface area contributed by atoms with E-state index in [4.69, 9.17) is 0 Å². The number of hydrazone groups is 1. The highest BCUT2D eigenvalue weighted by Crippen LogP contribution is 2.38. The third-order valence-corrected chi connectivity index (χ3v) is 3.31. The third kappa shape index (κ3) is 3.02. The van der Waals surface area contributed by atoms with Crippen LogP contribution in [0.4, 0.5) is 19.0 Å². The molecule has 0 saturated carbocycles. The molecular formula is C11H12F3N5O4. The van der Waals surface area contributed by atoms with Gasteiger partial charge in [0.2, 0.25) is 5.91 Å². The number of carbonyl (C=O) groups excluding carboxylic acids is 1. The second-order valence-electron chi connectivity index (χ2n) is 4.90. The highest BCUT2D eigenvalue weighted by molar-refractivity contribution is 5.80. The minimum absolute atomic E-state index is 0.0136. The number of aryl methyl sites for hydroxylation is 2. The van der Waals surface area contributed by atoms with Crippen LogP contribution in [0.2, 0.25) is 0 Å². The summed E-state index contributed by atoms with van der Waals surface area (Å²) in [5.41, 5.74) is -2.99. The number of aliphatic hydroxyl groups is 1. The summed E-state index contributed by atoms with van der Waals surface area (Å²) in [6.07, 6.45) is -5.57. The summed E-state index contributed by atoms with van der Waals surface area (Å²) in [6.45, 7) is 1.32. The van der Waals surface area contributed by atoms with E-state index in [-0.39, 0.29) is 11.6 Å².